The Bertz CT molecular complexity index is 1340. The van der Waals surface area contributed by atoms with E-state index in [0.717, 1.165) is 42.6 Å². The highest BCUT2D eigenvalue weighted by Crippen LogP contribution is 2.56. The number of hydrogen-bond donors (Lipinski definition) is 5. The van der Waals surface area contributed by atoms with Gasteiger partial charge in [-0.25, -0.2) is 4.98 Å². The number of amides is 2. The third kappa shape index (κ3) is 5.66. The normalized spacial score (nSPS) is 23.9. The highest BCUT2D eigenvalue weighted by atomic mass is 16.3. The highest BCUT2D eigenvalue weighted by molar-refractivity contribution is 5.95. The van der Waals surface area contributed by atoms with Gasteiger partial charge in [-0.3, -0.25) is 9.59 Å². The van der Waals surface area contributed by atoms with Crippen LogP contribution in [0, 0.1) is 11.3 Å². The lowest BCUT2D eigenvalue weighted by Crippen LogP contribution is -2.50. The zero-order valence-electron chi connectivity index (χ0n) is 24.1. The van der Waals surface area contributed by atoms with Crippen LogP contribution in [0.4, 0.5) is 11.6 Å². The number of rotatable bonds is 8. The van der Waals surface area contributed by atoms with E-state index in [0.29, 0.717) is 62.0 Å². The third-order valence-electron chi connectivity index (χ3n) is 10.2. The molecule has 1 spiro atoms. The van der Waals surface area contributed by atoms with Gasteiger partial charge in [0, 0.05) is 62.8 Å². The Balaban J connectivity index is 1.01. The van der Waals surface area contributed by atoms with Gasteiger partial charge in [-0.2, -0.15) is 0 Å². The number of nitrogens with zero attached hydrogens (tertiary/aromatic N) is 3. The molecule has 5 aliphatic rings. The minimum atomic E-state index is -0.763. The lowest BCUT2D eigenvalue weighted by Gasteiger charge is -2.54. The number of aromatic nitrogens is 1. The second kappa shape index (κ2) is 11.0. The Kier molecular flexibility index (Phi) is 7.22. The molecule has 3 heterocycles. The SMILES string of the molecule is O=C(NCC(O)[C@@H]1Cc2ccc(O)cc2CN1)c1cc(NC2CC3(CCC3)C2)nc(N2CCN(C(=O)C3CC3)CC2)c1. The lowest BCUT2D eigenvalue weighted by molar-refractivity contribution is -0.132. The number of hydrogen-bond acceptors (Lipinski definition) is 8. The Hall–Kier alpha value is -3.37. The van der Waals surface area contributed by atoms with Crippen LogP contribution in [0.2, 0.25) is 0 Å². The topological polar surface area (TPSA) is 130 Å². The predicted octanol–water partition coefficient (Wildman–Crippen LogP) is 2.40. The van der Waals surface area contributed by atoms with Crippen molar-refractivity contribution in [3.05, 3.63) is 47.0 Å². The summed E-state index contributed by atoms with van der Waals surface area (Å²) in [5.41, 5.74) is 3.17. The van der Waals surface area contributed by atoms with Gasteiger partial charge in [0.15, 0.2) is 0 Å². The van der Waals surface area contributed by atoms with E-state index in [9.17, 15) is 19.8 Å². The maximum absolute atomic E-state index is 13.4. The maximum Gasteiger partial charge on any atom is 0.251 e. The molecule has 2 aromatic rings. The van der Waals surface area contributed by atoms with Gasteiger partial charge in [0.05, 0.1) is 6.10 Å². The summed E-state index contributed by atoms with van der Waals surface area (Å²) in [6, 6.07) is 9.16. The number of aliphatic hydroxyl groups is 1. The van der Waals surface area contributed by atoms with Crippen molar-refractivity contribution in [3.8, 4) is 5.75 Å². The number of carbonyl (C=O) groups excluding carboxylic acids is 2. The van der Waals surface area contributed by atoms with E-state index in [2.05, 4.69) is 20.9 Å². The summed E-state index contributed by atoms with van der Waals surface area (Å²) in [6.07, 6.45) is 8.18. The first-order chi connectivity index (χ1) is 20.3. The molecule has 4 fully saturated rings. The van der Waals surface area contributed by atoms with Crippen molar-refractivity contribution in [1.29, 1.82) is 0 Å². The highest BCUT2D eigenvalue weighted by Gasteiger charge is 2.48. The molecule has 5 N–H and O–H groups in total. The molecule has 1 aromatic carbocycles. The number of carbonyl (C=O) groups is 2. The standard InChI is InChI=1S/C32H42N6O4/c39-25-5-4-21-13-26(33-18-23(21)12-25)27(40)19-34-30(41)22-14-28(35-24-16-32(17-24)6-1-7-32)36-29(15-22)37-8-10-38(11-9-37)31(42)20-2-3-20/h4-5,12,14-15,20,24,26-27,33,39-40H,1-3,6-11,13,16-19H2,(H,34,41)(H,35,36)/t26-,27?/m0/s1. The van der Waals surface area contributed by atoms with Crippen LogP contribution in [0.3, 0.4) is 0 Å². The molecule has 2 atom stereocenters. The number of anilines is 2. The minimum Gasteiger partial charge on any atom is -0.508 e. The molecule has 2 aliphatic heterocycles. The van der Waals surface area contributed by atoms with Crippen molar-refractivity contribution in [2.24, 2.45) is 11.3 Å². The van der Waals surface area contributed by atoms with Crippen LogP contribution >= 0.6 is 0 Å². The van der Waals surface area contributed by atoms with Crippen molar-refractivity contribution >= 4 is 23.5 Å². The molecule has 1 unspecified atom stereocenters. The number of pyridine rings is 1. The summed E-state index contributed by atoms with van der Waals surface area (Å²) < 4.78 is 0. The van der Waals surface area contributed by atoms with Crippen LogP contribution in [0.5, 0.6) is 5.75 Å². The van der Waals surface area contributed by atoms with Crippen LogP contribution in [-0.2, 0) is 17.8 Å². The van der Waals surface area contributed by atoms with Crippen LogP contribution in [0.15, 0.2) is 30.3 Å². The summed E-state index contributed by atoms with van der Waals surface area (Å²) in [5, 5.41) is 30.5. The van der Waals surface area contributed by atoms with E-state index in [4.69, 9.17) is 4.98 Å². The molecule has 1 saturated heterocycles. The monoisotopic (exact) mass is 574 g/mol. The minimum absolute atomic E-state index is 0.122. The molecule has 10 heteroatoms. The molecule has 2 amide bonds. The Morgan fingerprint density at radius 1 is 1.07 bits per heavy atom. The van der Waals surface area contributed by atoms with Crippen molar-refractivity contribution in [1.82, 2.24) is 20.5 Å². The number of phenols is 1. The van der Waals surface area contributed by atoms with Gasteiger partial charge in [0.1, 0.15) is 17.4 Å². The fraction of sp³-hybridized carbons (Fsp3) is 0.594. The fourth-order valence-corrected chi connectivity index (χ4v) is 7.25. The first kappa shape index (κ1) is 27.5. The van der Waals surface area contributed by atoms with E-state index in [-0.39, 0.29) is 36.1 Å². The van der Waals surface area contributed by atoms with Crippen molar-refractivity contribution < 1.29 is 19.8 Å². The number of aliphatic hydroxyl groups excluding tert-OH is 1. The Morgan fingerprint density at radius 3 is 2.57 bits per heavy atom. The quantitative estimate of drug-likeness (QED) is 0.325. The second-order valence-corrected chi connectivity index (χ2v) is 13.2. The molecule has 7 rings (SSSR count). The fourth-order valence-electron chi connectivity index (χ4n) is 7.25. The first-order valence-electron chi connectivity index (χ1n) is 15.7. The zero-order valence-corrected chi connectivity index (χ0v) is 24.1. The number of piperazine rings is 1. The number of nitrogens with one attached hydrogen (secondary N) is 3. The molecular weight excluding hydrogens is 532 g/mol. The van der Waals surface area contributed by atoms with E-state index >= 15 is 0 Å². The number of fused-ring (bicyclic) bond motifs is 1. The average Bonchev–Trinajstić information content (AvgIpc) is 3.81. The molecule has 0 bridgehead atoms. The molecule has 10 nitrogen and oxygen atoms in total. The lowest BCUT2D eigenvalue weighted by atomic mass is 9.54. The molecule has 0 radical (unpaired) electrons. The second-order valence-electron chi connectivity index (χ2n) is 13.2. The first-order valence-corrected chi connectivity index (χ1v) is 15.7. The molecule has 224 valence electrons. The summed E-state index contributed by atoms with van der Waals surface area (Å²) in [5.74, 6) is 1.95. The molecule has 3 saturated carbocycles. The molecular formula is C32H42N6O4. The van der Waals surface area contributed by atoms with E-state index in [1.807, 2.05) is 23.1 Å². The van der Waals surface area contributed by atoms with Crippen molar-refractivity contribution in [3.63, 3.8) is 0 Å². The van der Waals surface area contributed by atoms with Gasteiger partial charge in [-0.15, -0.1) is 0 Å². The number of phenolic OH excluding ortho intramolecular Hbond substituents is 1. The summed E-state index contributed by atoms with van der Waals surface area (Å²) in [4.78, 5) is 35.0. The van der Waals surface area contributed by atoms with E-state index in [1.165, 1.54) is 19.3 Å². The smallest absolute Gasteiger partial charge is 0.251 e. The van der Waals surface area contributed by atoms with Gasteiger partial charge >= 0.3 is 0 Å². The average molecular weight is 575 g/mol. The van der Waals surface area contributed by atoms with Crippen LogP contribution in [0.1, 0.15) is 66.4 Å². The number of aromatic hydroxyl groups is 1. The van der Waals surface area contributed by atoms with Gasteiger partial charge in [0.25, 0.3) is 5.91 Å². The van der Waals surface area contributed by atoms with Crippen LogP contribution in [-0.4, -0.2) is 82.8 Å². The molecule has 1 aromatic heterocycles. The number of benzene rings is 1. The largest absolute Gasteiger partial charge is 0.508 e. The van der Waals surface area contributed by atoms with Gasteiger partial charge in [-0.1, -0.05) is 12.5 Å². The molecule has 3 aliphatic carbocycles. The van der Waals surface area contributed by atoms with Crippen molar-refractivity contribution in [2.45, 2.75) is 76.1 Å². The van der Waals surface area contributed by atoms with Crippen LogP contribution < -0.4 is 20.9 Å². The van der Waals surface area contributed by atoms with E-state index < -0.39 is 6.10 Å². The summed E-state index contributed by atoms with van der Waals surface area (Å²) >= 11 is 0. The predicted molar refractivity (Wildman–Crippen MR) is 159 cm³/mol. The summed E-state index contributed by atoms with van der Waals surface area (Å²) in [7, 11) is 0. The van der Waals surface area contributed by atoms with E-state index in [1.54, 1.807) is 12.1 Å². The Labute approximate surface area is 246 Å². The van der Waals surface area contributed by atoms with Crippen LogP contribution in [0.25, 0.3) is 0 Å². The maximum atomic E-state index is 13.4. The zero-order chi connectivity index (χ0) is 28.8. The van der Waals surface area contributed by atoms with Gasteiger partial charge in [0.2, 0.25) is 5.91 Å². The van der Waals surface area contributed by atoms with Gasteiger partial charge in [-0.05, 0) is 85.8 Å². The summed E-state index contributed by atoms with van der Waals surface area (Å²) in [6.45, 7) is 3.40. The third-order valence-corrected chi connectivity index (χ3v) is 10.2. The Morgan fingerprint density at radius 2 is 1.86 bits per heavy atom. The van der Waals surface area contributed by atoms with Crippen molar-refractivity contribution in [2.75, 3.05) is 42.9 Å². The molecule has 42 heavy (non-hydrogen) atoms. The van der Waals surface area contributed by atoms with Gasteiger partial charge < -0.3 is 36.0 Å².